The summed E-state index contributed by atoms with van der Waals surface area (Å²) in [7, 11) is 3.69. The highest BCUT2D eigenvalue weighted by Crippen LogP contribution is 2.52. The Bertz CT molecular complexity index is 784. The van der Waals surface area contributed by atoms with E-state index in [0.717, 1.165) is 18.7 Å². The van der Waals surface area contributed by atoms with E-state index in [1.165, 1.54) is 0 Å². The molecule has 7 nitrogen and oxygen atoms in total. The van der Waals surface area contributed by atoms with Crippen LogP contribution in [-0.4, -0.2) is 62.5 Å². The zero-order valence-electron chi connectivity index (χ0n) is 16.5. The van der Waals surface area contributed by atoms with Crippen LogP contribution in [0.2, 0.25) is 0 Å². The van der Waals surface area contributed by atoms with Gasteiger partial charge in [-0.25, -0.2) is 4.98 Å². The highest BCUT2D eigenvalue weighted by molar-refractivity contribution is 5.93. The topological polar surface area (TPSA) is 67.7 Å². The fraction of sp³-hybridized carbons (Fsp3) is 0.650. The Morgan fingerprint density at radius 3 is 2.81 bits per heavy atom. The van der Waals surface area contributed by atoms with Gasteiger partial charge in [0.05, 0.1) is 31.0 Å². The summed E-state index contributed by atoms with van der Waals surface area (Å²) in [6, 6.07) is 0.203. The lowest BCUT2D eigenvalue weighted by atomic mass is 9.76. The molecule has 0 N–H and O–H groups in total. The first-order valence-corrected chi connectivity index (χ1v) is 9.80. The second kappa shape index (κ2) is 6.48. The van der Waals surface area contributed by atoms with Crippen molar-refractivity contribution in [2.45, 2.75) is 51.0 Å². The van der Waals surface area contributed by atoms with Crippen molar-refractivity contribution in [2.24, 2.45) is 18.9 Å². The maximum absolute atomic E-state index is 13.3. The normalized spacial score (nSPS) is 31.2. The van der Waals surface area contributed by atoms with Gasteiger partial charge in [-0.2, -0.15) is 0 Å². The average molecular weight is 372 g/mol. The Balaban J connectivity index is 1.57. The molecule has 4 rings (SSSR count). The fourth-order valence-corrected chi connectivity index (χ4v) is 4.94. The van der Waals surface area contributed by atoms with Gasteiger partial charge in [-0.05, 0) is 12.8 Å². The Kier molecular flexibility index (Phi) is 4.37. The van der Waals surface area contributed by atoms with Gasteiger partial charge in [0.25, 0.3) is 0 Å². The predicted octanol–water partition coefficient (Wildman–Crippen LogP) is 1.35. The van der Waals surface area contributed by atoms with Crippen molar-refractivity contribution in [2.75, 3.05) is 13.6 Å². The van der Waals surface area contributed by atoms with E-state index in [1.807, 2.05) is 34.9 Å². The number of carbonyl (C=O) groups excluding carboxylic acids is 2. The van der Waals surface area contributed by atoms with E-state index >= 15 is 0 Å². The van der Waals surface area contributed by atoms with Gasteiger partial charge in [-0.1, -0.05) is 26.0 Å². The Morgan fingerprint density at radius 1 is 1.44 bits per heavy atom. The van der Waals surface area contributed by atoms with E-state index in [9.17, 15) is 9.59 Å². The number of aryl methyl sites for hydroxylation is 1. The summed E-state index contributed by atoms with van der Waals surface area (Å²) in [5.74, 6) is -0.0219. The van der Waals surface area contributed by atoms with Crippen LogP contribution < -0.4 is 0 Å². The molecule has 146 valence electrons. The van der Waals surface area contributed by atoms with Gasteiger partial charge in [0, 0.05) is 32.5 Å². The summed E-state index contributed by atoms with van der Waals surface area (Å²) in [6.07, 6.45) is 9.09. The first kappa shape index (κ1) is 18.2. The molecule has 0 aromatic carbocycles. The van der Waals surface area contributed by atoms with E-state index in [-0.39, 0.29) is 24.0 Å². The van der Waals surface area contributed by atoms with Gasteiger partial charge in [-0.3, -0.25) is 9.59 Å². The number of carbonyl (C=O) groups is 2. The molecule has 4 atom stereocenters. The maximum Gasteiger partial charge on any atom is 0.230 e. The van der Waals surface area contributed by atoms with E-state index in [0.29, 0.717) is 13.1 Å². The molecule has 2 fully saturated rings. The van der Waals surface area contributed by atoms with Gasteiger partial charge in [0.15, 0.2) is 0 Å². The SMILES string of the molecule is CCC(CC)N1C[C@@]23C=C[C@@H](O2)C(C(=O)N(C)Cc2nccn2C)C3C1=O. The summed E-state index contributed by atoms with van der Waals surface area (Å²) in [5.41, 5.74) is -0.630. The van der Waals surface area contributed by atoms with Crippen LogP contribution in [0.3, 0.4) is 0 Å². The second-order valence-electron chi connectivity index (χ2n) is 7.99. The molecule has 0 aliphatic carbocycles. The molecular formula is C20H28N4O3. The molecule has 1 spiro atoms. The third kappa shape index (κ3) is 2.63. The fourth-order valence-electron chi connectivity index (χ4n) is 4.94. The van der Waals surface area contributed by atoms with Crippen molar-refractivity contribution in [3.05, 3.63) is 30.4 Å². The standard InChI is InChI=1S/C20H28N4O3/c1-5-13(6-2)24-12-20-8-7-14(27-20)16(17(20)19(24)26)18(25)23(4)11-15-21-9-10-22(15)3/h7-10,13-14,16-17H,5-6,11-12H2,1-4H3/t14-,16?,17?,20-/m1/s1. The molecule has 2 saturated heterocycles. The van der Waals surface area contributed by atoms with Gasteiger partial charge >= 0.3 is 0 Å². The Hall–Kier alpha value is -2.15. The number of hydrogen-bond donors (Lipinski definition) is 0. The zero-order valence-corrected chi connectivity index (χ0v) is 16.5. The molecule has 0 saturated carbocycles. The van der Waals surface area contributed by atoms with Crippen LogP contribution in [0.25, 0.3) is 0 Å². The van der Waals surface area contributed by atoms with Crippen LogP contribution in [0, 0.1) is 11.8 Å². The van der Waals surface area contributed by atoms with Crippen LogP contribution in [0.15, 0.2) is 24.5 Å². The number of ether oxygens (including phenoxy) is 1. The van der Waals surface area contributed by atoms with E-state index in [2.05, 4.69) is 18.8 Å². The van der Waals surface area contributed by atoms with Crippen LogP contribution in [0.4, 0.5) is 0 Å². The lowest BCUT2D eigenvalue weighted by Crippen LogP contribution is -2.45. The average Bonchev–Trinajstić information content (AvgIpc) is 3.39. The molecule has 7 heteroatoms. The van der Waals surface area contributed by atoms with E-state index in [1.54, 1.807) is 18.1 Å². The molecule has 3 aliphatic heterocycles. The molecule has 27 heavy (non-hydrogen) atoms. The number of likely N-dealkylation sites (tertiary alicyclic amines) is 1. The van der Waals surface area contributed by atoms with Crippen molar-refractivity contribution in [3.63, 3.8) is 0 Å². The second-order valence-corrected chi connectivity index (χ2v) is 7.99. The quantitative estimate of drug-likeness (QED) is 0.707. The molecule has 4 heterocycles. The van der Waals surface area contributed by atoms with Crippen molar-refractivity contribution in [1.82, 2.24) is 19.4 Å². The van der Waals surface area contributed by atoms with Crippen LogP contribution >= 0.6 is 0 Å². The molecule has 2 unspecified atom stereocenters. The Labute approximate surface area is 160 Å². The maximum atomic E-state index is 13.3. The number of hydrogen-bond acceptors (Lipinski definition) is 4. The molecule has 1 aromatic rings. The van der Waals surface area contributed by atoms with Crippen molar-refractivity contribution in [3.8, 4) is 0 Å². The molecular weight excluding hydrogens is 344 g/mol. The lowest BCUT2D eigenvalue weighted by Gasteiger charge is -2.29. The number of nitrogens with zero attached hydrogens (tertiary/aromatic N) is 4. The number of amides is 2. The highest BCUT2D eigenvalue weighted by atomic mass is 16.5. The molecule has 2 amide bonds. The molecule has 1 aromatic heterocycles. The van der Waals surface area contributed by atoms with Gasteiger partial charge < -0.3 is 19.1 Å². The van der Waals surface area contributed by atoms with Crippen molar-refractivity contribution >= 4 is 11.8 Å². The van der Waals surface area contributed by atoms with E-state index in [4.69, 9.17) is 4.74 Å². The molecule has 0 radical (unpaired) electrons. The van der Waals surface area contributed by atoms with Crippen molar-refractivity contribution < 1.29 is 14.3 Å². The monoisotopic (exact) mass is 372 g/mol. The number of rotatable bonds is 6. The number of aromatic nitrogens is 2. The minimum Gasteiger partial charge on any atom is -0.360 e. The first-order valence-electron chi connectivity index (χ1n) is 9.80. The summed E-state index contributed by atoms with van der Waals surface area (Å²) in [5, 5.41) is 0. The first-order chi connectivity index (χ1) is 12.9. The summed E-state index contributed by atoms with van der Waals surface area (Å²) < 4.78 is 8.13. The number of imidazole rings is 1. The summed E-state index contributed by atoms with van der Waals surface area (Å²) in [6.45, 7) is 5.18. The van der Waals surface area contributed by atoms with Crippen LogP contribution in [0.5, 0.6) is 0 Å². The van der Waals surface area contributed by atoms with E-state index < -0.39 is 17.4 Å². The third-order valence-corrected chi connectivity index (χ3v) is 6.47. The van der Waals surface area contributed by atoms with Gasteiger partial charge in [-0.15, -0.1) is 0 Å². The summed E-state index contributed by atoms with van der Waals surface area (Å²) >= 11 is 0. The third-order valence-electron chi connectivity index (χ3n) is 6.47. The summed E-state index contributed by atoms with van der Waals surface area (Å²) in [4.78, 5) is 34.5. The predicted molar refractivity (Wildman–Crippen MR) is 99.5 cm³/mol. The highest BCUT2D eigenvalue weighted by Gasteiger charge is 2.67. The zero-order chi connectivity index (χ0) is 19.3. The van der Waals surface area contributed by atoms with Crippen molar-refractivity contribution in [1.29, 1.82) is 0 Å². The molecule has 2 bridgehead atoms. The minimum absolute atomic E-state index is 0.0426. The lowest BCUT2D eigenvalue weighted by molar-refractivity contribution is -0.143. The number of fused-ring (bicyclic) bond motifs is 1. The minimum atomic E-state index is -0.630. The Morgan fingerprint density at radius 2 is 2.19 bits per heavy atom. The van der Waals surface area contributed by atoms with Crippen LogP contribution in [0.1, 0.15) is 32.5 Å². The van der Waals surface area contributed by atoms with Crippen LogP contribution in [-0.2, 0) is 27.9 Å². The largest absolute Gasteiger partial charge is 0.360 e. The smallest absolute Gasteiger partial charge is 0.230 e. The molecule has 3 aliphatic rings. The van der Waals surface area contributed by atoms with Gasteiger partial charge in [0.2, 0.25) is 11.8 Å². The van der Waals surface area contributed by atoms with Gasteiger partial charge in [0.1, 0.15) is 11.4 Å².